The lowest BCUT2D eigenvalue weighted by Gasteiger charge is -2.21. The molecule has 0 unspecified atom stereocenters. The van der Waals surface area contributed by atoms with Crippen molar-refractivity contribution < 1.29 is 14.3 Å². The van der Waals surface area contributed by atoms with Crippen LogP contribution in [0.25, 0.3) is 6.08 Å². The Morgan fingerprint density at radius 2 is 2.06 bits per heavy atom. The number of rotatable bonds is 8. The van der Waals surface area contributed by atoms with E-state index in [1.54, 1.807) is 30.3 Å². The molecule has 0 radical (unpaired) electrons. The fourth-order valence-corrected chi connectivity index (χ4v) is 3.72. The molecule has 0 saturated carbocycles. The van der Waals surface area contributed by atoms with Gasteiger partial charge in [-0.25, -0.2) is 4.98 Å². The molecule has 0 aliphatic carbocycles. The number of aromatic nitrogens is 1. The third kappa shape index (κ3) is 7.05. The maximum absolute atomic E-state index is 12.8. The fourth-order valence-electron chi connectivity index (χ4n) is 3.72. The normalized spacial score (nSPS) is 14.7. The number of anilines is 1. The van der Waals surface area contributed by atoms with E-state index in [9.17, 15) is 9.59 Å². The second-order valence-corrected chi connectivity index (χ2v) is 9.58. The summed E-state index contributed by atoms with van der Waals surface area (Å²) in [7, 11) is 1.79. The van der Waals surface area contributed by atoms with Gasteiger partial charge in [0.25, 0.3) is 0 Å². The van der Waals surface area contributed by atoms with E-state index in [2.05, 4.69) is 42.5 Å². The first-order valence-electron chi connectivity index (χ1n) is 11.9. The molecule has 0 fully saturated rings. The molecule has 3 rings (SSSR count). The van der Waals surface area contributed by atoms with Gasteiger partial charge in [-0.05, 0) is 49.5 Å². The summed E-state index contributed by atoms with van der Waals surface area (Å²) in [6.07, 6.45) is 5.89. The second kappa shape index (κ2) is 12.2. The van der Waals surface area contributed by atoms with Crippen molar-refractivity contribution in [2.24, 2.45) is 0 Å². The molecular weight excluding hydrogens is 464 g/mol. The summed E-state index contributed by atoms with van der Waals surface area (Å²) in [6.45, 7) is 11.6. The molecular formula is C27H37ClN4O3. The molecule has 1 aliphatic heterocycles. The van der Waals surface area contributed by atoms with Crippen molar-refractivity contribution >= 4 is 36.1 Å². The van der Waals surface area contributed by atoms with Gasteiger partial charge in [0.2, 0.25) is 11.8 Å². The van der Waals surface area contributed by atoms with Gasteiger partial charge in [-0.3, -0.25) is 14.9 Å². The van der Waals surface area contributed by atoms with Crippen LogP contribution < -0.4 is 15.4 Å². The van der Waals surface area contributed by atoms with Crippen LogP contribution in [0.3, 0.4) is 0 Å². The number of carbonyl (C=O) groups is 2. The Hall–Kier alpha value is -2.90. The maximum Gasteiger partial charge on any atom is 0.246 e. The molecule has 0 saturated heterocycles. The molecule has 1 aromatic heterocycles. The number of carbonyl (C=O) groups excluding carboxylic acids is 2. The van der Waals surface area contributed by atoms with E-state index in [4.69, 9.17) is 4.74 Å². The van der Waals surface area contributed by atoms with Crippen molar-refractivity contribution in [1.82, 2.24) is 15.2 Å². The molecule has 1 aliphatic rings. The SMILES string of the molecule is CCCOc1c(CN(C)C(=O)C=Cc2cnc3c(c2)CNC(C)(C)C(=O)N3)cccc1C(C)C.Cl. The summed E-state index contributed by atoms with van der Waals surface area (Å²) < 4.78 is 6.07. The minimum atomic E-state index is -0.679. The van der Waals surface area contributed by atoms with Gasteiger partial charge in [0.15, 0.2) is 0 Å². The highest BCUT2D eigenvalue weighted by Crippen LogP contribution is 2.31. The summed E-state index contributed by atoms with van der Waals surface area (Å²) in [5.74, 6) is 1.53. The largest absolute Gasteiger partial charge is 0.493 e. The zero-order chi connectivity index (χ0) is 24.9. The number of nitrogens with zero attached hydrogens (tertiary/aromatic N) is 2. The van der Waals surface area contributed by atoms with Gasteiger partial charge in [-0.1, -0.05) is 39.0 Å². The van der Waals surface area contributed by atoms with Crippen LogP contribution in [0.4, 0.5) is 5.82 Å². The molecule has 1 aromatic carbocycles. The molecule has 2 aromatic rings. The van der Waals surface area contributed by atoms with Crippen LogP contribution in [-0.2, 0) is 22.7 Å². The van der Waals surface area contributed by atoms with E-state index in [1.165, 1.54) is 0 Å². The topological polar surface area (TPSA) is 83.6 Å². The Morgan fingerprint density at radius 3 is 2.74 bits per heavy atom. The van der Waals surface area contributed by atoms with Crippen LogP contribution in [-0.4, -0.2) is 40.9 Å². The molecule has 0 atom stereocenters. The van der Waals surface area contributed by atoms with E-state index in [1.807, 2.05) is 32.0 Å². The summed E-state index contributed by atoms with van der Waals surface area (Å²) in [6, 6.07) is 8.06. The number of benzene rings is 1. The van der Waals surface area contributed by atoms with E-state index >= 15 is 0 Å². The third-order valence-corrected chi connectivity index (χ3v) is 5.91. The predicted octanol–water partition coefficient (Wildman–Crippen LogP) is 4.91. The number of likely N-dealkylation sites (N-methyl/N-ethyl adjacent to an activating group) is 1. The van der Waals surface area contributed by atoms with Crippen LogP contribution in [0.5, 0.6) is 5.75 Å². The summed E-state index contributed by atoms with van der Waals surface area (Å²) in [4.78, 5) is 31.2. The lowest BCUT2D eigenvalue weighted by Crippen LogP contribution is -2.47. The van der Waals surface area contributed by atoms with Crippen molar-refractivity contribution in [2.45, 2.75) is 65.6 Å². The Balaban J connectivity index is 0.00000432. The van der Waals surface area contributed by atoms with Gasteiger partial charge in [0, 0.05) is 43.5 Å². The average molecular weight is 501 g/mol. The number of pyridine rings is 1. The number of nitrogens with one attached hydrogen (secondary N) is 2. The van der Waals surface area contributed by atoms with Crippen LogP contribution in [0.15, 0.2) is 36.5 Å². The molecule has 190 valence electrons. The summed E-state index contributed by atoms with van der Waals surface area (Å²) in [5.41, 5.74) is 3.15. The van der Waals surface area contributed by atoms with Gasteiger partial charge in [0.05, 0.1) is 12.1 Å². The van der Waals surface area contributed by atoms with E-state index in [-0.39, 0.29) is 24.2 Å². The van der Waals surface area contributed by atoms with E-state index < -0.39 is 5.54 Å². The van der Waals surface area contributed by atoms with Gasteiger partial charge < -0.3 is 15.0 Å². The number of hydrogen-bond donors (Lipinski definition) is 2. The number of amides is 2. The lowest BCUT2D eigenvalue weighted by molar-refractivity contribution is -0.125. The number of halogens is 1. The highest BCUT2D eigenvalue weighted by atomic mass is 35.5. The number of hydrogen-bond acceptors (Lipinski definition) is 5. The van der Waals surface area contributed by atoms with Crippen LogP contribution in [0.1, 0.15) is 69.2 Å². The quantitative estimate of drug-likeness (QED) is 0.503. The third-order valence-electron chi connectivity index (χ3n) is 5.91. The molecule has 2 amide bonds. The summed E-state index contributed by atoms with van der Waals surface area (Å²) in [5, 5.41) is 6.09. The van der Waals surface area contributed by atoms with Crippen molar-refractivity contribution in [1.29, 1.82) is 0 Å². The van der Waals surface area contributed by atoms with E-state index in [0.717, 1.165) is 34.4 Å². The van der Waals surface area contributed by atoms with Gasteiger partial charge in [-0.15, -0.1) is 12.4 Å². The van der Waals surface area contributed by atoms with Crippen molar-refractivity contribution in [2.75, 3.05) is 19.0 Å². The standard InChI is InChI=1S/C27H36N4O3.ClH/c1-7-13-34-24-20(9-8-10-22(24)18(2)3)17-31(6)23(32)12-11-19-14-21-16-29-27(4,5)26(33)30-25(21)28-15-19;/h8-12,14-15,18,29H,7,13,16-17H2,1-6H3,(H,28,30,33);1H. The smallest absolute Gasteiger partial charge is 0.246 e. The minimum absolute atomic E-state index is 0. The van der Waals surface area contributed by atoms with Gasteiger partial charge in [-0.2, -0.15) is 0 Å². The monoisotopic (exact) mass is 500 g/mol. The number of para-hydroxylation sites is 1. The van der Waals surface area contributed by atoms with Crippen LogP contribution in [0, 0.1) is 0 Å². The first-order valence-corrected chi connectivity index (χ1v) is 11.9. The van der Waals surface area contributed by atoms with Crippen molar-refractivity contribution in [3.05, 3.63) is 58.8 Å². The minimum Gasteiger partial charge on any atom is -0.493 e. The highest BCUT2D eigenvalue weighted by Gasteiger charge is 2.30. The molecule has 0 bridgehead atoms. The van der Waals surface area contributed by atoms with Crippen LogP contribution in [0.2, 0.25) is 0 Å². The average Bonchev–Trinajstić information content (AvgIpc) is 2.91. The van der Waals surface area contributed by atoms with Crippen molar-refractivity contribution in [3.63, 3.8) is 0 Å². The molecule has 0 spiro atoms. The molecule has 8 heteroatoms. The zero-order valence-corrected chi connectivity index (χ0v) is 22.3. The molecule has 2 N–H and O–H groups in total. The molecule has 2 heterocycles. The van der Waals surface area contributed by atoms with Crippen LogP contribution >= 0.6 is 12.4 Å². The molecule has 35 heavy (non-hydrogen) atoms. The van der Waals surface area contributed by atoms with Crippen molar-refractivity contribution in [3.8, 4) is 5.75 Å². The highest BCUT2D eigenvalue weighted by molar-refractivity contribution is 5.98. The number of fused-ring (bicyclic) bond motifs is 1. The first-order chi connectivity index (χ1) is 16.1. The molecule has 7 nitrogen and oxygen atoms in total. The Morgan fingerprint density at radius 1 is 1.31 bits per heavy atom. The Bertz CT molecular complexity index is 1080. The Labute approximate surface area is 214 Å². The van der Waals surface area contributed by atoms with Gasteiger partial charge in [0.1, 0.15) is 11.6 Å². The maximum atomic E-state index is 12.8. The van der Waals surface area contributed by atoms with Gasteiger partial charge >= 0.3 is 0 Å². The zero-order valence-electron chi connectivity index (χ0n) is 21.5. The first kappa shape index (κ1) is 28.3. The summed E-state index contributed by atoms with van der Waals surface area (Å²) >= 11 is 0. The lowest BCUT2D eigenvalue weighted by atomic mass is 9.98. The number of ether oxygens (including phenoxy) is 1. The predicted molar refractivity (Wildman–Crippen MR) is 143 cm³/mol. The second-order valence-electron chi connectivity index (χ2n) is 9.58. The van der Waals surface area contributed by atoms with E-state index in [0.29, 0.717) is 31.4 Å². The Kier molecular flexibility index (Phi) is 9.86. The fraction of sp³-hybridized carbons (Fsp3) is 0.444.